The highest BCUT2D eigenvalue weighted by Crippen LogP contribution is 2.24. The summed E-state index contributed by atoms with van der Waals surface area (Å²) in [5, 5.41) is 1.26. The molecule has 0 bridgehead atoms. The fraction of sp³-hybridized carbons (Fsp3) is 0.429. The van der Waals surface area contributed by atoms with Crippen molar-refractivity contribution in [2.24, 2.45) is 0 Å². The maximum atomic E-state index is 5.27. The van der Waals surface area contributed by atoms with Crippen LogP contribution in [-0.2, 0) is 6.42 Å². The second kappa shape index (κ2) is 4.80. The van der Waals surface area contributed by atoms with Gasteiger partial charge in [-0.05, 0) is 51.2 Å². The Morgan fingerprint density at radius 3 is 2.76 bits per heavy atom. The van der Waals surface area contributed by atoms with E-state index in [2.05, 4.69) is 49.2 Å². The lowest BCUT2D eigenvalue weighted by Crippen LogP contribution is -2.26. The molecule has 92 valence electrons. The van der Waals surface area contributed by atoms with Crippen molar-refractivity contribution < 1.29 is 4.74 Å². The molecule has 17 heavy (non-hydrogen) atoms. The fourth-order valence-electron chi connectivity index (χ4n) is 1.95. The zero-order chi connectivity index (χ0) is 12.4. The first-order valence-electron chi connectivity index (χ1n) is 5.92. The number of likely N-dealkylation sites (N-methyl/N-ethyl adjacent to an activating group) is 1. The average molecular weight is 232 g/mol. The number of nitrogens with zero attached hydrogens (tertiary/aromatic N) is 1. The molecular weight excluding hydrogens is 212 g/mol. The van der Waals surface area contributed by atoms with E-state index in [1.807, 2.05) is 6.07 Å². The molecule has 1 unspecified atom stereocenters. The van der Waals surface area contributed by atoms with Gasteiger partial charge >= 0.3 is 0 Å². The van der Waals surface area contributed by atoms with Crippen molar-refractivity contribution in [2.75, 3.05) is 21.2 Å². The highest BCUT2D eigenvalue weighted by Gasteiger charge is 2.10. The van der Waals surface area contributed by atoms with E-state index in [0.717, 1.165) is 12.2 Å². The molecule has 1 heterocycles. The van der Waals surface area contributed by atoms with Crippen molar-refractivity contribution in [3.05, 3.63) is 30.0 Å². The van der Waals surface area contributed by atoms with Crippen LogP contribution in [0.5, 0.6) is 5.75 Å². The van der Waals surface area contributed by atoms with Crippen LogP contribution in [0.15, 0.2) is 24.4 Å². The largest absolute Gasteiger partial charge is 0.497 e. The summed E-state index contributed by atoms with van der Waals surface area (Å²) in [7, 11) is 5.93. The van der Waals surface area contributed by atoms with Gasteiger partial charge in [-0.1, -0.05) is 0 Å². The van der Waals surface area contributed by atoms with Crippen molar-refractivity contribution in [3.63, 3.8) is 0 Å². The molecular formula is C14H20N2O. The maximum Gasteiger partial charge on any atom is 0.119 e. The number of hydrogen-bond donors (Lipinski definition) is 1. The third-order valence-electron chi connectivity index (χ3n) is 3.37. The summed E-state index contributed by atoms with van der Waals surface area (Å²) in [6.07, 6.45) is 3.14. The van der Waals surface area contributed by atoms with E-state index in [-0.39, 0.29) is 0 Å². The average Bonchev–Trinajstić information content (AvgIpc) is 2.71. The Kier molecular flexibility index (Phi) is 3.38. The number of methoxy groups -OCH3 is 1. The van der Waals surface area contributed by atoms with E-state index in [1.54, 1.807) is 7.11 Å². The number of H-pyrrole nitrogens is 1. The van der Waals surface area contributed by atoms with Gasteiger partial charge in [-0.25, -0.2) is 0 Å². The highest BCUT2D eigenvalue weighted by atomic mass is 16.5. The molecule has 1 aromatic carbocycles. The minimum atomic E-state index is 0.528. The molecule has 0 spiro atoms. The third-order valence-corrected chi connectivity index (χ3v) is 3.37. The second-order valence-corrected chi connectivity index (χ2v) is 4.74. The molecule has 3 nitrogen and oxygen atoms in total. The van der Waals surface area contributed by atoms with Crippen LogP contribution >= 0.6 is 0 Å². The summed E-state index contributed by atoms with van der Waals surface area (Å²) in [5.74, 6) is 0.913. The van der Waals surface area contributed by atoms with Gasteiger partial charge in [0.15, 0.2) is 0 Å². The van der Waals surface area contributed by atoms with Crippen LogP contribution in [0.25, 0.3) is 10.9 Å². The summed E-state index contributed by atoms with van der Waals surface area (Å²) in [5.41, 5.74) is 2.52. The molecule has 0 aliphatic heterocycles. The van der Waals surface area contributed by atoms with Crippen LogP contribution in [0.3, 0.4) is 0 Å². The topological polar surface area (TPSA) is 28.3 Å². The van der Waals surface area contributed by atoms with Gasteiger partial charge in [-0.3, -0.25) is 0 Å². The van der Waals surface area contributed by atoms with Crippen molar-refractivity contribution in [1.29, 1.82) is 0 Å². The van der Waals surface area contributed by atoms with Gasteiger partial charge in [0.05, 0.1) is 7.11 Å². The van der Waals surface area contributed by atoms with Crippen LogP contribution in [0.1, 0.15) is 12.5 Å². The molecule has 0 radical (unpaired) electrons. The molecule has 2 rings (SSSR count). The monoisotopic (exact) mass is 232 g/mol. The first-order valence-corrected chi connectivity index (χ1v) is 5.92. The minimum absolute atomic E-state index is 0.528. The quantitative estimate of drug-likeness (QED) is 0.877. The van der Waals surface area contributed by atoms with Gasteiger partial charge in [-0.2, -0.15) is 0 Å². The van der Waals surface area contributed by atoms with E-state index in [0.29, 0.717) is 6.04 Å². The molecule has 2 aromatic rings. The summed E-state index contributed by atoms with van der Waals surface area (Å²) < 4.78 is 5.27. The molecule has 1 N–H and O–H groups in total. The number of nitrogens with one attached hydrogen (secondary N) is 1. The summed E-state index contributed by atoms with van der Waals surface area (Å²) in [6, 6.07) is 6.68. The van der Waals surface area contributed by atoms with Crippen molar-refractivity contribution in [1.82, 2.24) is 9.88 Å². The van der Waals surface area contributed by atoms with Crippen molar-refractivity contribution in [3.8, 4) is 5.75 Å². The zero-order valence-corrected chi connectivity index (χ0v) is 10.9. The van der Waals surface area contributed by atoms with E-state index in [4.69, 9.17) is 4.74 Å². The van der Waals surface area contributed by atoms with Crippen LogP contribution in [0, 0.1) is 0 Å². The Bertz CT molecular complexity index is 502. The third kappa shape index (κ3) is 2.44. The minimum Gasteiger partial charge on any atom is -0.497 e. The lowest BCUT2D eigenvalue weighted by molar-refractivity contribution is 0.313. The standard InChI is InChI=1S/C14H20N2O/c1-10(16(2)3)7-11-9-15-14-6-5-12(17-4)8-13(11)14/h5-6,8-10,15H,7H2,1-4H3. The summed E-state index contributed by atoms with van der Waals surface area (Å²) >= 11 is 0. The van der Waals surface area contributed by atoms with Crippen molar-refractivity contribution in [2.45, 2.75) is 19.4 Å². The number of fused-ring (bicyclic) bond motifs is 1. The lowest BCUT2D eigenvalue weighted by Gasteiger charge is -2.19. The first-order chi connectivity index (χ1) is 8.11. The fourth-order valence-corrected chi connectivity index (χ4v) is 1.95. The van der Waals surface area contributed by atoms with Gasteiger partial charge in [0, 0.05) is 23.1 Å². The van der Waals surface area contributed by atoms with Crippen LogP contribution < -0.4 is 4.74 Å². The molecule has 0 fully saturated rings. The molecule has 1 atom stereocenters. The molecule has 1 aromatic heterocycles. The predicted octanol–water partition coefficient (Wildman–Crippen LogP) is 2.67. The van der Waals surface area contributed by atoms with Crippen LogP contribution in [0.2, 0.25) is 0 Å². The number of aromatic amines is 1. The van der Waals surface area contributed by atoms with E-state index in [1.165, 1.54) is 16.5 Å². The summed E-state index contributed by atoms with van der Waals surface area (Å²) in [6.45, 7) is 2.24. The Labute approximate surface area is 102 Å². The molecule has 0 aliphatic carbocycles. The number of ether oxygens (including phenoxy) is 1. The van der Waals surface area contributed by atoms with E-state index >= 15 is 0 Å². The van der Waals surface area contributed by atoms with Gasteiger partial charge < -0.3 is 14.6 Å². The number of benzene rings is 1. The maximum absolute atomic E-state index is 5.27. The number of hydrogen-bond acceptors (Lipinski definition) is 2. The van der Waals surface area contributed by atoms with Gasteiger partial charge in [0.2, 0.25) is 0 Å². The first kappa shape index (κ1) is 12.0. The SMILES string of the molecule is COc1ccc2[nH]cc(CC(C)N(C)C)c2c1. The van der Waals surface area contributed by atoms with Crippen LogP contribution in [-0.4, -0.2) is 37.1 Å². The van der Waals surface area contributed by atoms with E-state index < -0.39 is 0 Å². The Morgan fingerprint density at radius 2 is 2.12 bits per heavy atom. The molecule has 0 saturated heterocycles. The van der Waals surface area contributed by atoms with Gasteiger partial charge in [0.25, 0.3) is 0 Å². The predicted molar refractivity (Wildman–Crippen MR) is 71.7 cm³/mol. The Balaban J connectivity index is 2.34. The molecule has 0 saturated carbocycles. The highest BCUT2D eigenvalue weighted by molar-refractivity contribution is 5.84. The molecule has 0 aliphatic rings. The van der Waals surface area contributed by atoms with E-state index in [9.17, 15) is 0 Å². The van der Waals surface area contributed by atoms with Gasteiger partial charge in [0.1, 0.15) is 5.75 Å². The number of aromatic nitrogens is 1. The zero-order valence-electron chi connectivity index (χ0n) is 10.9. The molecule has 0 amide bonds. The summed E-state index contributed by atoms with van der Waals surface area (Å²) in [4.78, 5) is 5.54. The Morgan fingerprint density at radius 1 is 1.35 bits per heavy atom. The van der Waals surface area contributed by atoms with Crippen LogP contribution in [0.4, 0.5) is 0 Å². The second-order valence-electron chi connectivity index (χ2n) is 4.74. The van der Waals surface area contributed by atoms with Gasteiger partial charge in [-0.15, -0.1) is 0 Å². The normalized spacial score (nSPS) is 13.2. The smallest absolute Gasteiger partial charge is 0.119 e. The Hall–Kier alpha value is -1.48. The number of rotatable bonds is 4. The lowest BCUT2D eigenvalue weighted by atomic mass is 10.1. The van der Waals surface area contributed by atoms with Crippen molar-refractivity contribution >= 4 is 10.9 Å². The molecule has 3 heteroatoms.